The van der Waals surface area contributed by atoms with Gasteiger partial charge in [0.2, 0.25) is 0 Å². The summed E-state index contributed by atoms with van der Waals surface area (Å²) in [5, 5.41) is 8.43. The fraction of sp³-hybridized carbons (Fsp3) is 0.857. The summed E-state index contributed by atoms with van der Waals surface area (Å²) < 4.78 is 4.79. The van der Waals surface area contributed by atoms with Gasteiger partial charge < -0.3 is 15.6 Å². The Morgan fingerprint density at radius 2 is 2.27 bits per heavy atom. The van der Waals surface area contributed by atoms with Gasteiger partial charge in [0.25, 0.3) is 0 Å². The lowest BCUT2D eigenvalue weighted by Gasteiger charge is -2.21. The monoisotopic (exact) mass is 161 g/mol. The topological polar surface area (TPSA) is 72.5 Å². The highest BCUT2D eigenvalue weighted by molar-refractivity contribution is 5.68. The molecule has 0 saturated carbocycles. The van der Waals surface area contributed by atoms with Crippen molar-refractivity contribution in [1.29, 1.82) is 0 Å². The SMILES string of the molecule is COCCC(C)(N)CC(=O)O. The van der Waals surface area contributed by atoms with Crippen LogP contribution in [0.4, 0.5) is 0 Å². The summed E-state index contributed by atoms with van der Waals surface area (Å²) in [4.78, 5) is 10.3. The summed E-state index contributed by atoms with van der Waals surface area (Å²) in [6.07, 6.45) is 0.548. The molecule has 66 valence electrons. The lowest BCUT2D eigenvalue weighted by Crippen LogP contribution is -2.39. The van der Waals surface area contributed by atoms with Crippen LogP contribution in [0.15, 0.2) is 0 Å². The van der Waals surface area contributed by atoms with Crippen molar-refractivity contribution in [2.45, 2.75) is 25.3 Å². The number of rotatable bonds is 5. The minimum Gasteiger partial charge on any atom is -0.481 e. The number of carboxylic acids is 1. The number of aliphatic carboxylic acids is 1. The van der Waals surface area contributed by atoms with Gasteiger partial charge in [-0.15, -0.1) is 0 Å². The Balaban J connectivity index is 3.70. The number of ether oxygens (including phenoxy) is 1. The van der Waals surface area contributed by atoms with Gasteiger partial charge in [-0.05, 0) is 13.3 Å². The molecule has 0 heterocycles. The molecule has 0 aromatic carbocycles. The predicted molar refractivity (Wildman–Crippen MR) is 41.3 cm³/mol. The van der Waals surface area contributed by atoms with Gasteiger partial charge in [0.15, 0.2) is 0 Å². The molecule has 0 radical (unpaired) electrons. The van der Waals surface area contributed by atoms with Crippen molar-refractivity contribution >= 4 is 5.97 Å². The van der Waals surface area contributed by atoms with E-state index in [1.807, 2.05) is 0 Å². The Bertz CT molecular complexity index is 134. The fourth-order valence-electron chi connectivity index (χ4n) is 0.769. The van der Waals surface area contributed by atoms with Crippen LogP contribution >= 0.6 is 0 Å². The maximum atomic E-state index is 10.3. The summed E-state index contributed by atoms with van der Waals surface area (Å²) in [5.41, 5.74) is 4.99. The molecule has 0 aliphatic rings. The van der Waals surface area contributed by atoms with Crippen LogP contribution < -0.4 is 5.73 Å². The van der Waals surface area contributed by atoms with Gasteiger partial charge in [0, 0.05) is 19.3 Å². The van der Waals surface area contributed by atoms with Crippen molar-refractivity contribution in [3.63, 3.8) is 0 Å². The molecular formula is C7H15NO3. The third-order valence-electron chi connectivity index (χ3n) is 1.43. The molecule has 1 unspecified atom stereocenters. The number of methoxy groups -OCH3 is 1. The largest absolute Gasteiger partial charge is 0.481 e. The quantitative estimate of drug-likeness (QED) is 0.604. The normalized spacial score (nSPS) is 15.9. The maximum absolute atomic E-state index is 10.3. The molecule has 3 N–H and O–H groups in total. The number of carbonyl (C=O) groups is 1. The van der Waals surface area contributed by atoms with E-state index in [9.17, 15) is 4.79 Å². The van der Waals surface area contributed by atoms with E-state index >= 15 is 0 Å². The second kappa shape index (κ2) is 4.31. The first kappa shape index (κ1) is 10.4. The lowest BCUT2D eigenvalue weighted by atomic mass is 9.96. The van der Waals surface area contributed by atoms with Crippen molar-refractivity contribution in [3.8, 4) is 0 Å². The molecule has 0 aliphatic carbocycles. The van der Waals surface area contributed by atoms with Crippen LogP contribution in [0.3, 0.4) is 0 Å². The number of nitrogens with two attached hydrogens (primary N) is 1. The summed E-state index contributed by atoms with van der Waals surface area (Å²) in [6.45, 7) is 2.21. The first-order chi connectivity index (χ1) is 4.98. The molecular weight excluding hydrogens is 146 g/mol. The Labute approximate surface area is 66.3 Å². The van der Waals surface area contributed by atoms with Gasteiger partial charge >= 0.3 is 5.97 Å². The van der Waals surface area contributed by atoms with E-state index in [-0.39, 0.29) is 6.42 Å². The van der Waals surface area contributed by atoms with Gasteiger partial charge in [-0.2, -0.15) is 0 Å². The zero-order chi connectivity index (χ0) is 8.91. The van der Waals surface area contributed by atoms with E-state index in [0.717, 1.165) is 0 Å². The Hall–Kier alpha value is -0.610. The van der Waals surface area contributed by atoms with E-state index in [1.165, 1.54) is 0 Å². The second-order valence-electron chi connectivity index (χ2n) is 2.97. The fourth-order valence-corrected chi connectivity index (χ4v) is 0.769. The predicted octanol–water partition coefficient (Wildman–Crippen LogP) is 0.215. The zero-order valence-corrected chi connectivity index (χ0v) is 6.96. The van der Waals surface area contributed by atoms with Crippen LogP contribution in [0, 0.1) is 0 Å². The van der Waals surface area contributed by atoms with Crippen molar-refractivity contribution < 1.29 is 14.6 Å². The molecule has 0 fully saturated rings. The second-order valence-corrected chi connectivity index (χ2v) is 2.97. The van der Waals surface area contributed by atoms with Crippen molar-refractivity contribution in [2.75, 3.05) is 13.7 Å². The molecule has 0 saturated heterocycles. The lowest BCUT2D eigenvalue weighted by molar-refractivity contribution is -0.138. The average molecular weight is 161 g/mol. The number of hydrogen-bond acceptors (Lipinski definition) is 3. The van der Waals surface area contributed by atoms with E-state index in [1.54, 1.807) is 14.0 Å². The molecule has 0 aromatic rings. The van der Waals surface area contributed by atoms with E-state index in [4.69, 9.17) is 15.6 Å². The summed E-state index contributed by atoms with van der Waals surface area (Å²) >= 11 is 0. The van der Waals surface area contributed by atoms with Crippen molar-refractivity contribution in [2.24, 2.45) is 5.73 Å². The first-order valence-electron chi connectivity index (χ1n) is 3.47. The van der Waals surface area contributed by atoms with Gasteiger partial charge in [0.1, 0.15) is 0 Å². The molecule has 11 heavy (non-hydrogen) atoms. The molecule has 0 amide bonds. The van der Waals surface area contributed by atoms with Crippen LogP contribution in [0.5, 0.6) is 0 Å². The summed E-state index contributed by atoms with van der Waals surface area (Å²) in [7, 11) is 1.57. The number of carboxylic acid groups (broad SMARTS) is 1. The average Bonchev–Trinajstić information content (AvgIpc) is 1.81. The van der Waals surface area contributed by atoms with Crippen molar-refractivity contribution in [3.05, 3.63) is 0 Å². The minimum absolute atomic E-state index is 0.0175. The highest BCUT2D eigenvalue weighted by Crippen LogP contribution is 2.10. The third-order valence-corrected chi connectivity index (χ3v) is 1.43. The van der Waals surface area contributed by atoms with Crippen LogP contribution in [0.25, 0.3) is 0 Å². The van der Waals surface area contributed by atoms with E-state index in [0.29, 0.717) is 13.0 Å². The van der Waals surface area contributed by atoms with Crippen LogP contribution in [0.1, 0.15) is 19.8 Å². The summed E-state index contributed by atoms with van der Waals surface area (Å²) in [5.74, 6) is -0.869. The molecule has 4 heteroatoms. The molecule has 4 nitrogen and oxygen atoms in total. The zero-order valence-electron chi connectivity index (χ0n) is 6.96. The summed E-state index contributed by atoms with van der Waals surface area (Å²) in [6, 6.07) is 0. The maximum Gasteiger partial charge on any atom is 0.305 e. The van der Waals surface area contributed by atoms with Gasteiger partial charge in [0.05, 0.1) is 6.42 Å². The molecule has 1 atom stereocenters. The smallest absolute Gasteiger partial charge is 0.305 e. The first-order valence-corrected chi connectivity index (χ1v) is 3.47. The number of hydrogen-bond donors (Lipinski definition) is 2. The van der Waals surface area contributed by atoms with Gasteiger partial charge in [-0.1, -0.05) is 0 Å². The minimum atomic E-state index is -0.869. The Morgan fingerprint density at radius 1 is 1.73 bits per heavy atom. The Morgan fingerprint density at radius 3 is 2.64 bits per heavy atom. The molecule has 0 aromatic heterocycles. The van der Waals surface area contributed by atoms with Crippen LogP contribution in [0.2, 0.25) is 0 Å². The highest BCUT2D eigenvalue weighted by Gasteiger charge is 2.21. The highest BCUT2D eigenvalue weighted by atomic mass is 16.5. The van der Waals surface area contributed by atoms with E-state index < -0.39 is 11.5 Å². The standard InChI is InChI=1S/C7H15NO3/c1-7(8,3-4-11-2)5-6(9)10/h3-5,8H2,1-2H3,(H,9,10). The Kier molecular flexibility index (Phi) is 4.07. The van der Waals surface area contributed by atoms with Gasteiger partial charge in [-0.3, -0.25) is 4.79 Å². The molecule has 0 bridgehead atoms. The third kappa shape index (κ3) is 5.82. The molecule has 0 rings (SSSR count). The van der Waals surface area contributed by atoms with Crippen LogP contribution in [-0.4, -0.2) is 30.3 Å². The molecule has 0 aliphatic heterocycles. The molecule has 0 spiro atoms. The van der Waals surface area contributed by atoms with Crippen molar-refractivity contribution in [1.82, 2.24) is 0 Å². The van der Waals surface area contributed by atoms with Gasteiger partial charge in [-0.25, -0.2) is 0 Å². The van der Waals surface area contributed by atoms with E-state index in [2.05, 4.69) is 0 Å². The van der Waals surface area contributed by atoms with Crippen LogP contribution in [-0.2, 0) is 9.53 Å².